The Morgan fingerprint density at radius 3 is 2.60 bits per heavy atom. The standard InChI is InChI=1S/C23H24BrN5O/c24-17-10-8-16(9-11-17)20-14-21(23-25-18-6-2-3-7-19(18)26-23)29(27-20)22(30)15-28-12-4-1-5-13-28/h2-3,6-11,21H,1,4-5,12-15H2,(H,25,26)/t21-/m1/s1. The van der Waals surface area contributed by atoms with Crippen molar-refractivity contribution in [2.45, 2.75) is 31.7 Å². The molecule has 1 amide bonds. The van der Waals surface area contributed by atoms with Crippen molar-refractivity contribution in [3.63, 3.8) is 0 Å². The van der Waals surface area contributed by atoms with Gasteiger partial charge in [0.15, 0.2) is 0 Å². The molecule has 0 spiro atoms. The van der Waals surface area contributed by atoms with Crippen molar-refractivity contribution in [3.05, 3.63) is 64.4 Å². The molecule has 6 nitrogen and oxygen atoms in total. The first-order valence-electron chi connectivity index (χ1n) is 10.5. The summed E-state index contributed by atoms with van der Waals surface area (Å²) in [4.78, 5) is 23.7. The largest absolute Gasteiger partial charge is 0.340 e. The number of para-hydroxylation sites is 2. The second kappa shape index (κ2) is 8.32. The number of hydrogen-bond acceptors (Lipinski definition) is 4. The lowest BCUT2D eigenvalue weighted by molar-refractivity contribution is -0.134. The maximum atomic E-state index is 13.3. The molecule has 0 unspecified atom stereocenters. The molecule has 1 aromatic heterocycles. The van der Waals surface area contributed by atoms with Crippen LogP contribution in [-0.4, -0.2) is 51.1 Å². The quantitative estimate of drug-likeness (QED) is 0.617. The molecule has 5 rings (SSSR count). The number of nitrogens with zero attached hydrogens (tertiary/aromatic N) is 4. The van der Waals surface area contributed by atoms with E-state index in [9.17, 15) is 4.79 Å². The van der Waals surface area contributed by atoms with Gasteiger partial charge in [-0.25, -0.2) is 9.99 Å². The highest BCUT2D eigenvalue weighted by molar-refractivity contribution is 9.10. The van der Waals surface area contributed by atoms with Crippen molar-refractivity contribution >= 4 is 38.6 Å². The van der Waals surface area contributed by atoms with Gasteiger partial charge in [-0.1, -0.05) is 46.6 Å². The topological polar surface area (TPSA) is 64.6 Å². The molecule has 2 aliphatic rings. The summed E-state index contributed by atoms with van der Waals surface area (Å²) in [6.45, 7) is 2.38. The number of H-pyrrole nitrogens is 1. The maximum absolute atomic E-state index is 13.3. The van der Waals surface area contributed by atoms with Crippen molar-refractivity contribution in [1.29, 1.82) is 0 Å². The van der Waals surface area contributed by atoms with Crippen LogP contribution in [0.4, 0.5) is 0 Å². The molecule has 2 aromatic carbocycles. The number of halogens is 1. The third kappa shape index (κ3) is 3.91. The van der Waals surface area contributed by atoms with Crippen molar-refractivity contribution in [3.8, 4) is 0 Å². The highest BCUT2D eigenvalue weighted by Gasteiger charge is 2.35. The number of fused-ring (bicyclic) bond motifs is 1. The zero-order chi connectivity index (χ0) is 20.5. The van der Waals surface area contributed by atoms with Crippen LogP contribution >= 0.6 is 15.9 Å². The zero-order valence-corrected chi connectivity index (χ0v) is 18.3. The molecule has 7 heteroatoms. The minimum Gasteiger partial charge on any atom is -0.340 e. The van der Waals surface area contributed by atoms with Crippen molar-refractivity contribution in [1.82, 2.24) is 19.9 Å². The van der Waals surface area contributed by atoms with Gasteiger partial charge in [-0.2, -0.15) is 5.10 Å². The summed E-state index contributed by atoms with van der Waals surface area (Å²) in [7, 11) is 0. The lowest BCUT2D eigenvalue weighted by Crippen LogP contribution is -2.40. The Morgan fingerprint density at radius 2 is 1.83 bits per heavy atom. The summed E-state index contributed by atoms with van der Waals surface area (Å²) in [5.74, 6) is 0.827. The van der Waals surface area contributed by atoms with Gasteiger partial charge in [0.05, 0.1) is 23.3 Å². The Kier molecular flexibility index (Phi) is 5.39. The highest BCUT2D eigenvalue weighted by atomic mass is 79.9. The van der Waals surface area contributed by atoms with Gasteiger partial charge in [-0.15, -0.1) is 0 Å². The van der Waals surface area contributed by atoms with Crippen LogP contribution in [0.15, 0.2) is 58.1 Å². The molecule has 0 aliphatic carbocycles. The molecular formula is C23H24BrN5O. The molecular weight excluding hydrogens is 442 g/mol. The maximum Gasteiger partial charge on any atom is 0.257 e. The normalized spacial score (nSPS) is 20.0. The first-order chi connectivity index (χ1) is 14.7. The second-order valence-corrected chi connectivity index (χ2v) is 8.90. The smallest absolute Gasteiger partial charge is 0.257 e. The van der Waals surface area contributed by atoms with Gasteiger partial charge in [0.1, 0.15) is 11.9 Å². The van der Waals surface area contributed by atoms with Gasteiger partial charge >= 0.3 is 0 Å². The van der Waals surface area contributed by atoms with Crippen LogP contribution in [0.5, 0.6) is 0 Å². The fraction of sp³-hybridized carbons (Fsp3) is 0.348. The molecule has 0 saturated carbocycles. The summed E-state index contributed by atoms with van der Waals surface area (Å²) in [5.41, 5.74) is 3.84. The first-order valence-corrected chi connectivity index (χ1v) is 11.3. The SMILES string of the molecule is O=C(CN1CCCCC1)N1N=C(c2ccc(Br)cc2)C[C@@H]1c1nc2ccccc2[nH]1. The van der Waals surface area contributed by atoms with E-state index < -0.39 is 0 Å². The number of aromatic nitrogens is 2. The van der Waals surface area contributed by atoms with E-state index in [2.05, 4.69) is 25.8 Å². The van der Waals surface area contributed by atoms with E-state index in [1.807, 2.05) is 48.5 Å². The van der Waals surface area contributed by atoms with Gasteiger partial charge in [0.2, 0.25) is 0 Å². The van der Waals surface area contributed by atoms with E-state index in [4.69, 9.17) is 10.1 Å². The number of imidazole rings is 1. The molecule has 3 aromatic rings. The number of benzene rings is 2. The molecule has 2 aliphatic heterocycles. The number of carbonyl (C=O) groups excluding carboxylic acids is 1. The number of hydrogen-bond donors (Lipinski definition) is 1. The van der Waals surface area contributed by atoms with Crippen LogP contribution in [-0.2, 0) is 4.79 Å². The molecule has 1 saturated heterocycles. The third-order valence-corrected chi connectivity index (χ3v) is 6.40. The molecule has 1 atom stereocenters. The lowest BCUT2D eigenvalue weighted by atomic mass is 10.0. The zero-order valence-electron chi connectivity index (χ0n) is 16.7. The van der Waals surface area contributed by atoms with E-state index in [0.29, 0.717) is 13.0 Å². The van der Waals surface area contributed by atoms with E-state index in [-0.39, 0.29) is 11.9 Å². The van der Waals surface area contributed by atoms with Crippen LogP contribution in [0.3, 0.4) is 0 Å². The van der Waals surface area contributed by atoms with Crippen LogP contribution < -0.4 is 0 Å². The van der Waals surface area contributed by atoms with Crippen LogP contribution in [0, 0.1) is 0 Å². The predicted octanol–water partition coefficient (Wildman–Crippen LogP) is 4.49. The van der Waals surface area contributed by atoms with Gasteiger partial charge in [0.25, 0.3) is 5.91 Å². The van der Waals surface area contributed by atoms with Gasteiger partial charge < -0.3 is 4.98 Å². The molecule has 3 heterocycles. The fourth-order valence-corrected chi connectivity index (χ4v) is 4.55. The summed E-state index contributed by atoms with van der Waals surface area (Å²) < 4.78 is 1.02. The van der Waals surface area contributed by atoms with E-state index in [1.165, 1.54) is 6.42 Å². The average Bonchev–Trinajstić information content (AvgIpc) is 3.39. The van der Waals surface area contributed by atoms with Crippen molar-refractivity contribution < 1.29 is 4.79 Å². The second-order valence-electron chi connectivity index (χ2n) is 7.99. The number of likely N-dealkylation sites (tertiary alicyclic amines) is 1. The molecule has 1 N–H and O–H groups in total. The number of amides is 1. The van der Waals surface area contributed by atoms with Crippen LogP contribution in [0.25, 0.3) is 11.0 Å². The van der Waals surface area contributed by atoms with Crippen molar-refractivity contribution in [2.75, 3.05) is 19.6 Å². The average molecular weight is 466 g/mol. The van der Waals surface area contributed by atoms with Crippen LogP contribution in [0.2, 0.25) is 0 Å². The van der Waals surface area contributed by atoms with Gasteiger partial charge in [-0.3, -0.25) is 9.69 Å². The van der Waals surface area contributed by atoms with E-state index in [1.54, 1.807) is 5.01 Å². The summed E-state index contributed by atoms with van der Waals surface area (Å²) in [5, 5.41) is 6.44. The highest BCUT2D eigenvalue weighted by Crippen LogP contribution is 2.33. The third-order valence-electron chi connectivity index (χ3n) is 5.87. The Labute approximate surface area is 184 Å². The lowest BCUT2D eigenvalue weighted by Gasteiger charge is -2.28. The summed E-state index contributed by atoms with van der Waals surface area (Å²) in [6, 6.07) is 15.8. The van der Waals surface area contributed by atoms with Crippen LogP contribution in [0.1, 0.15) is 43.1 Å². The molecule has 0 bridgehead atoms. The number of rotatable bonds is 4. The molecule has 0 radical (unpaired) electrons. The predicted molar refractivity (Wildman–Crippen MR) is 121 cm³/mol. The van der Waals surface area contributed by atoms with Gasteiger partial charge in [0, 0.05) is 10.9 Å². The first kappa shape index (κ1) is 19.5. The summed E-state index contributed by atoms with van der Waals surface area (Å²) >= 11 is 3.49. The Morgan fingerprint density at radius 1 is 1.07 bits per heavy atom. The molecule has 154 valence electrons. The van der Waals surface area contributed by atoms with Gasteiger partial charge in [-0.05, 0) is 55.8 Å². The minimum atomic E-state index is -0.215. The molecule has 30 heavy (non-hydrogen) atoms. The minimum absolute atomic E-state index is 0.0365. The molecule has 1 fully saturated rings. The summed E-state index contributed by atoms with van der Waals surface area (Å²) in [6.07, 6.45) is 4.22. The monoisotopic (exact) mass is 465 g/mol. The van der Waals surface area contributed by atoms with E-state index >= 15 is 0 Å². The number of piperidine rings is 1. The van der Waals surface area contributed by atoms with Crippen molar-refractivity contribution in [2.24, 2.45) is 5.10 Å². The fourth-order valence-electron chi connectivity index (χ4n) is 4.28. The Hall–Kier alpha value is -2.51. The number of nitrogens with one attached hydrogen (secondary N) is 1. The number of hydrazone groups is 1. The number of aromatic amines is 1. The Balaban J connectivity index is 1.45. The Bertz CT molecular complexity index is 1050. The number of carbonyl (C=O) groups is 1. The van der Waals surface area contributed by atoms with E-state index in [0.717, 1.165) is 58.5 Å².